The number of sulfonamides is 1. The number of hydrazone groups is 1. The maximum atomic E-state index is 12.2. The molecule has 27 heavy (non-hydrogen) atoms. The van der Waals surface area contributed by atoms with Gasteiger partial charge < -0.3 is 0 Å². The van der Waals surface area contributed by atoms with E-state index < -0.39 is 10.0 Å². The van der Waals surface area contributed by atoms with Gasteiger partial charge in [0, 0.05) is 5.56 Å². The van der Waals surface area contributed by atoms with Gasteiger partial charge in [0.1, 0.15) is 0 Å². The molecule has 4 nitrogen and oxygen atoms in total. The molecule has 2 aromatic carbocycles. The molecule has 0 amide bonds. The first-order valence-corrected chi connectivity index (χ1v) is 11.0. The normalized spacial score (nSPS) is 10.9. The van der Waals surface area contributed by atoms with Crippen LogP contribution in [-0.2, 0) is 10.0 Å². The van der Waals surface area contributed by atoms with Crippen molar-refractivity contribution in [2.75, 3.05) is 0 Å². The molecular formula is C21H31ClN2O2S. The number of nitrogens with zero attached hydrogens (tertiary/aromatic N) is 1. The van der Waals surface area contributed by atoms with E-state index in [4.69, 9.17) is 11.6 Å². The standard InChI is InChI=1S/C16H17ClN2O2S.C3H8.C2H6/c1-11-7-9-14(10-8-11)22(20,21)19-18-16(17)15-12(2)5-4-6-13(15)3;1-3-2;1-2/h4-10,19H,1-3H3;3H2,1-2H3;1-2H3/b18-16+;;. The molecule has 0 heterocycles. The Morgan fingerprint density at radius 3 is 1.85 bits per heavy atom. The number of nitrogens with one attached hydrogen (secondary N) is 1. The maximum absolute atomic E-state index is 12.2. The van der Waals surface area contributed by atoms with Crippen LogP contribution in [0.3, 0.4) is 0 Å². The van der Waals surface area contributed by atoms with Crippen molar-refractivity contribution in [1.82, 2.24) is 4.83 Å². The lowest BCUT2D eigenvalue weighted by molar-refractivity contribution is 0.584. The summed E-state index contributed by atoms with van der Waals surface area (Å²) in [6.45, 7) is 13.9. The molecule has 2 aromatic rings. The molecular weight excluding hydrogens is 380 g/mol. The predicted octanol–water partition coefficient (Wildman–Crippen LogP) is 5.93. The molecule has 0 saturated carbocycles. The monoisotopic (exact) mass is 410 g/mol. The molecule has 6 heteroatoms. The van der Waals surface area contributed by atoms with E-state index in [0.29, 0.717) is 0 Å². The van der Waals surface area contributed by atoms with Crippen molar-refractivity contribution in [1.29, 1.82) is 0 Å². The molecule has 0 bridgehead atoms. The van der Waals surface area contributed by atoms with Crippen LogP contribution in [0.1, 0.15) is 56.4 Å². The first-order valence-electron chi connectivity index (χ1n) is 9.11. The van der Waals surface area contributed by atoms with Crippen molar-refractivity contribution in [2.24, 2.45) is 5.10 Å². The van der Waals surface area contributed by atoms with Gasteiger partial charge >= 0.3 is 0 Å². The van der Waals surface area contributed by atoms with Crippen LogP contribution < -0.4 is 4.83 Å². The van der Waals surface area contributed by atoms with Crippen molar-refractivity contribution in [3.8, 4) is 0 Å². The molecule has 0 spiro atoms. The van der Waals surface area contributed by atoms with Crippen LogP contribution in [0, 0.1) is 20.8 Å². The fraction of sp³-hybridized carbons (Fsp3) is 0.381. The third kappa shape index (κ3) is 8.14. The second-order valence-electron chi connectivity index (χ2n) is 5.78. The summed E-state index contributed by atoms with van der Waals surface area (Å²) in [6, 6.07) is 12.2. The van der Waals surface area contributed by atoms with Gasteiger partial charge in [0.25, 0.3) is 10.0 Å². The number of hydrogen-bond donors (Lipinski definition) is 1. The Morgan fingerprint density at radius 2 is 1.41 bits per heavy atom. The van der Waals surface area contributed by atoms with Gasteiger partial charge in [-0.25, -0.2) is 0 Å². The van der Waals surface area contributed by atoms with Gasteiger partial charge in [0.2, 0.25) is 0 Å². The van der Waals surface area contributed by atoms with E-state index in [1.165, 1.54) is 18.6 Å². The van der Waals surface area contributed by atoms with Crippen LogP contribution in [-0.4, -0.2) is 13.6 Å². The molecule has 0 fully saturated rings. The fourth-order valence-electron chi connectivity index (χ4n) is 2.07. The van der Waals surface area contributed by atoms with Gasteiger partial charge in [0.05, 0.1) is 4.90 Å². The highest BCUT2D eigenvalue weighted by atomic mass is 35.5. The minimum atomic E-state index is -3.73. The second kappa shape index (κ2) is 12.5. The molecule has 0 aromatic heterocycles. The fourth-order valence-corrected chi connectivity index (χ4v) is 3.27. The molecule has 0 atom stereocenters. The SMILES string of the molecule is CC.CCC.Cc1ccc(S(=O)(=O)N/N=C(/Cl)c2c(C)cccc2C)cc1. The zero-order valence-corrected chi connectivity index (χ0v) is 18.9. The van der Waals surface area contributed by atoms with Gasteiger partial charge in [-0.05, 0) is 44.0 Å². The lowest BCUT2D eigenvalue weighted by Crippen LogP contribution is -2.19. The van der Waals surface area contributed by atoms with E-state index in [1.54, 1.807) is 12.1 Å². The lowest BCUT2D eigenvalue weighted by atomic mass is 10.0. The van der Waals surface area contributed by atoms with Crippen LogP contribution >= 0.6 is 11.6 Å². The zero-order chi connectivity index (χ0) is 21.0. The van der Waals surface area contributed by atoms with Gasteiger partial charge in [-0.1, -0.05) is 81.6 Å². The Bertz CT molecular complexity index is 810. The molecule has 0 saturated heterocycles. The summed E-state index contributed by atoms with van der Waals surface area (Å²) in [5, 5.41) is 3.95. The summed E-state index contributed by atoms with van der Waals surface area (Å²) in [5.41, 5.74) is 3.58. The summed E-state index contributed by atoms with van der Waals surface area (Å²) < 4.78 is 24.3. The first kappa shape index (κ1) is 25.1. The Kier molecular flexibility index (Phi) is 11.7. The summed E-state index contributed by atoms with van der Waals surface area (Å²) in [4.78, 5) is 2.32. The van der Waals surface area contributed by atoms with E-state index in [1.807, 2.05) is 52.8 Å². The third-order valence-corrected chi connectivity index (χ3v) is 4.78. The highest BCUT2D eigenvalue weighted by Crippen LogP contribution is 2.17. The Balaban J connectivity index is 0.00000123. The van der Waals surface area contributed by atoms with Gasteiger partial charge in [-0.3, -0.25) is 0 Å². The minimum absolute atomic E-state index is 0.117. The highest BCUT2D eigenvalue weighted by molar-refractivity contribution is 7.89. The van der Waals surface area contributed by atoms with Gasteiger partial charge in [0.15, 0.2) is 5.17 Å². The minimum Gasteiger partial charge on any atom is -0.200 e. The van der Waals surface area contributed by atoms with E-state index in [-0.39, 0.29) is 10.1 Å². The van der Waals surface area contributed by atoms with Crippen LogP contribution in [0.25, 0.3) is 0 Å². The van der Waals surface area contributed by atoms with E-state index in [0.717, 1.165) is 22.3 Å². The van der Waals surface area contributed by atoms with E-state index in [9.17, 15) is 8.42 Å². The largest absolute Gasteiger partial charge is 0.276 e. The summed E-state index contributed by atoms with van der Waals surface area (Å²) in [7, 11) is -3.73. The Morgan fingerprint density at radius 1 is 0.963 bits per heavy atom. The summed E-state index contributed by atoms with van der Waals surface area (Å²) in [6.07, 6.45) is 1.25. The quantitative estimate of drug-likeness (QED) is 0.501. The van der Waals surface area contributed by atoms with Crippen molar-refractivity contribution in [3.05, 3.63) is 64.7 Å². The molecule has 0 radical (unpaired) electrons. The van der Waals surface area contributed by atoms with Crippen molar-refractivity contribution in [2.45, 2.75) is 59.8 Å². The van der Waals surface area contributed by atoms with E-state index >= 15 is 0 Å². The zero-order valence-electron chi connectivity index (χ0n) is 17.3. The lowest BCUT2D eigenvalue weighted by Gasteiger charge is -2.08. The summed E-state index contributed by atoms with van der Waals surface area (Å²) >= 11 is 6.16. The maximum Gasteiger partial charge on any atom is 0.276 e. The molecule has 150 valence electrons. The topological polar surface area (TPSA) is 58.5 Å². The number of hydrogen-bond acceptors (Lipinski definition) is 3. The number of rotatable bonds is 4. The van der Waals surface area contributed by atoms with Crippen LogP contribution in [0.4, 0.5) is 0 Å². The number of aryl methyl sites for hydroxylation is 3. The summed E-state index contributed by atoms with van der Waals surface area (Å²) in [5.74, 6) is 0. The van der Waals surface area contributed by atoms with Crippen molar-refractivity contribution in [3.63, 3.8) is 0 Å². The average Bonchev–Trinajstić information content (AvgIpc) is 2.63. The molecule has 0 aliphatic carbocycles. The molecule has 1 N–H and O–H groups in total. The third-order valence-electron chi connectivity index (χ3n) is 3.28. The van der Waals surface area contributed by atoms with Crippen LogP contribution in [0.5, 0.6) is 0 Å². The number of halogens is 1. The number of benzene rings is 2. The Labute approximate surface area is 169 Å². The molecule has 0 unspecified atom stereocenters. The average molecular weight is 411 g/mol. The Hall–Kier alpha value is -1.85. The molecule has 2 rings (SSSR count). The second-order valence-corrected chi connectivity index (χ2v) is 7.80. The molecule has 0 aliphatic rings. The van der Waals surface area contributed by atoms with E-state index in [2.05, 4.69) is 23.8 Å². The van der Waals surface area contributed by atoms with Crippen LogP contribution in [0.2, 0.25) is 0 Å². The first-order chi connectivity index (χ1) is 12.7. The molecule has 0 aliphatic heterocycles. The van der Waals surface area contributed by atoms with Gasteiger partial charge in [-0.2, -0.15) is 18.4 Å². The van der Waals surface area contributed by atoms with Crippen molar-refractivity contribution >= 4 is 26.8 Å². The highest BCUT2D eigenvalue weighted by Gasteiger charge is 2.14. The smallest absolute Gasteiger partial charge is 0.200 e. The predicted molar refractivity (Wildman–Crippen MR) is 117 cm³/mol. The van der Waals surface area contributed by atoms with Gasteiger partial charge in [-0.15, -0.1) is 0 Å². The van der Waals surface area contributed by atoms with Crippen molar-refractivity contribution < 1.29 is 8.42 Å². The van der Waals surface area contributed by atoms with Crippen LogP contribution in [0.15, 0.2) is 52.5 Å².